The number of benzene rings is 1. The standard InChI is InChI=1S/C10H12BrNO3/c1-10(2,13)6-7-3-4-8(12(14)15)5-9(7)11/h3-5,13H,6H2,1-2H3. The molecule has 15 heavy (non-hydrogen) atoms. The Morgan fingerprint density at radius 1 is 1.53 bits per heavy atom. The molecule has 0 bridgehead atoms. The van der Waals surface area contributed by atoms with Crippen LogP contribution < -0.4 is 0 Å². The van der Waals surface area contributed by atoms with Gasteiger partial charge in [0.05, 0.1) is 10.5 Å². The first kappa shape index (κ1) is 12.1. The van der Waals surface area contributed by atoms with E-state index in [2.05, 4.69) is 15.9 Å². The average molecular weight is 274 g/mol. The third kappa shape index (κ3) is 3.60. The Bertz CT molecular complexity index is 385. The van der Waals surface area contributed by atoms with Crippen LogP contribution in [-0.2, 0) is 6.42 Å². The second-order valence-electron chi connectivity index (χ2n) is 4.02. The van der Waals surface area contributed by atoms with Crippen molar-refractivity contribution in [1.29, 1.82) is 0 Å². The summed E-state index contributed by atoms with van der Waals surface area (Å²) in [6.07, 6.45) is 0.450. The predicted octanol–water partition coefficient (Wildman–Crippen LogP) is 2.67. The second-order valence-corrected chi connectivity index (χ2v) is 4.88. The fraction of sp³-hybridized carbons (Fsp3) is 0.400. The topological polar surface area (TPSA) is 63.4 Å². The zero-order chi connectivity index (χ0) is 11.6. The number of hydrogen-bond donors (Lipinski definition) is 1. The van der Waals surface area contributed by atoms with Crippen molar-refractivity contribution in [3.8, 4) is 0 Å². The molecule has 4 nitrogen and oxygen atoms in total. The molecule has 1 aromatic carbocycles. The van der Waals surface area contributed by atoms with Crippen LogP contribution in [0.25, 0.3) is 0 Å². The number of nitro benzene ring substituents is 1. The SMILES string of the molecule is CC(C)(O)Cc1ccc([N+](=O)[O-])cc1Br. The van der Waals surface area contributed by atoms with E-state index in [-0.39, 0.29) is 5.69 Å². The minimum atomic E-state index is -0.821. The van der Waals surface area contributed by atoms with Crippen molar-refractivity contribution in [3.05, 3.63) is 38.3 Å². The average Bonchev–Trinajstić information content (AvgIpc) is 2.05. The van der Waals surface area contributed by atoms with Gasteiger partial charge in [-0.25, -0.2) is 0 Å². The normalized spacial score (nSPS) is 11.5. The highest BCUT2D eigenvalue weighted by Crippen LogP contribution is 2.25. The lowest BCUT2D eigenvalue weighted by Gasteiger charge is -2.17. The maximum atomic E-state index is 10.5. The first-order valence-electron chi connectivity index (χ1n) is 4.45. The number of nitro groups is 1. The van der Waals surface area contributed by atoms with E-state index in [4.69, 9.17) is 0 Å². The van der Waals surface area contributed by atoms with E-state index >= 15 is 0 Å². The van der Waals surface area contributed by atoms with Crippen LogP contribution in [0, 0.1) is 10.1 Å². The molecule has 5 heteroatoms. The molecule has 0 radical (unpaired) electrons. The second kappa shape index (κ2) is 4.28. The van der Waals surface area contributed by atoms with Crippen LogP contribution in [-0.4, -0.2) is 15.6 Å². The van der Waals surface area contributed by atoms with Crippen LogP contribution in [0.1, 0.15) is 19.4 Å². The maximum Gasteiger partial charge on any atom is 0.270 e. The molecule has 0 amide bonds. The van der Waals surface area contributed by atoms with Gasteiger partial charge in [0.1, 0.15) is 0 Å². The van der Waals surface area contributed by atoms with E-state index < -0.39 is 10.5 Å². The first-order chi connectivity index (χ1) is 6.79. The molecular weight excluding hydrogens is 262 g/mol. The molecule has 0 saturated heterocycles. The number of non-ortho nitro benzene ring substituents is 1. The highest BCUT2D eigenvalue weighted by Gasteiger charge is 2.17. The van der Waals surface area contributed by atoms with Gasteiger partial charge in [0.2, 0.25) is 0 Å². The zero-order valence-corrected chi connectivity index (χ0v) is 10.1. The fourth-order valence-corrected chi connectivity index (χ4v) is 1.77. The molecule has 0 heterocycles. The summed E-state index contributed by atoms with van der Waals surface area (Å²) in [5.74, 6) is 0. The Labute approximate surface area is 96.2 Å². The Hall–Kier alpha value is -0.940. The summed E-state index contributed by atoms with van der Waals surface area (Å²) in [5.41, 5.74) is 0.0769. The van der Waals surface area contributed by atoms with Crippen molar-refractivity contribution in [2.75, 3.05) is 0 Å². The molecule has 0 aliphatic rings. The summed E-state index contributed by atoms with van der Waals surface area (Å²) in [6, 6.07) is 4.53. The van der Waals surface area contributed by atoms with Crippen LogP contribution in [0.15, 0.2) is 22.7 Å². The molecule has 0 unspecified atom stereocenters. The summed E-state index contributed by atoms with van der Waals surface area (Å²) in [5, 5.41) is 20.1. The molecule has 0 aromatic heterocycles. The van der Waals surface area contributed by atoms with Crippen molar-refractivity contribution < 1.29 is 10.0 Å². The van der Waals surface area contributed by atoms with Gasteiger partial charge < -0.3 is 5.11 Å². The highest BCUT2D eigenvalue weighted by atomic mass is 79.9. The first-order valence-corrected chi connectivity index (χ1v) is 5.24. The van der Waals surface area contributed by atoms with Crippen LogP contribution >= 0.6 is 15.9 Å². The van der Waals surface area contributed by atoms with Crippen molar-refractivity contribution in [3.63, 3.8) is 0 Å². The summed E-state index contributed by atoms with van der Waals surface area (Å²) < 4.78 is 0.652. The van der Waals surface area contributed by atoms with Gasteiger partial charge in [-0.3, -0.25) is 10.1 Å². The van der Waals surface area contributed by atoms with E-state index in [1.165, 1.54) is 12.1 Å². The van der Waals surface area contributed by atoms with Crippen LogP contribution in [0.2, 0.25) is 0 Å². The van der Waals surface area contributed by atoms with E-state index in [1.807, 2.05) is 0 Å². The minimum Gasteiger partial charge on any atom is -0.390 e. The van der Waals surface area contributed by atoms with Gasteiger partial charge in [-0.05, 0) is 19.4 Å². The summed E-state index contributed by atoms with van der Waals surface area (Å²) >= 11 is 3.25. The largest absolute Gasteiger partial charge is 0.390 e. The van der Waals surface area contributed by atoms with E-state index in [1.54, 1.807) is 19.9 Å². The molecule has 0 fully saturated rings. The third-order valence-corrected chi connectivity index (χ3v) is 2.61. The lowest BCUT2D eigenvalue weighted by Crippen LogP contribution is -2.22. The molecule has 0 spiro atoms. The summed E-state index contributed by atoms with van der Waals surface area (Å²) in [4.78, 5) is 10.0. The third-order valence-electron chi connectivity index (χ3n) is 1.87. The summed E-state index contributed by atoms with van der Waals surface area (Å²) in [7, 11) is 0. The molecular formula is C10H12BrNO3. The maximum absolute atomic E-state index is 10.5. The minimum absolute atomic E-state index is 0.0429. The van der Waals surface area contributed by atoms with Gasteiger partial charge in [-0.2, -0.15) is 0 Å². The quantitative estimate of drug-likeness (QED) is 0.680. The molecule has 0 saturated carbocycles. The number of aliphatic hydroxyl groups is 1. The number of halogens is 1. The monoisotopic (exact) mass is 273 g/mol. The van der Waals surface area contributed by atoms with Crippen LogP contribution in [0.4, 0.5) is 5.69 Å². The van der Waals surface area contributed by atoms with E-state index in [9.17, 15) is 15.2 Å². The zero-order valence-electron chi connectivity index (χ0n) is 8.53. The smallest absolute Gasteiger partial charge is 0.270 e. The van der Waals surface area contributed by atoms with Gasteiger partial charge in [0, 0.05) is 23.0 Å². The van der Waals surface area contributed by atoms with Crippen molar-refractivity contribution in [1.82, 2.24) is 0 Å². The lowest BCUT2D eigenvalue weighted by atomic mass is 9.99. The van der Waals surface area contributed by atoms with Crippen LogP contribution in [0.5, 0.6) is 0 Å². The van der Waals surface area contributed by atoms with Gasteiger partial charge in [0.15, 0.2) is 0 Å². The molecule has 0 aliphatic heterocycles. The van der Waals surface area contributed by atoms with Crippen molar-refractivity contribution in [2.24, 2.45) is 0 Å². The lowest BCUT2D eigenvalue weighted by molar-refractivity contribution is -0.384. The number of nitrogens with zero attached hydrogens (tertiary/aromatic N) is 1. The molecule has 82 valence electrons. The van der Waals surface area contributed by atoms with Crippen LogP contribution in [0.3, 0.4) is 0 Å². The predicted molar refractivity (Wildman–Crippen MR) is 60.8 cm³/mol. The summed E-state index contributed by atoms with van der Waals surface area (Å²) in [6.45, 7) is 3.39. The number of rotatable bonds is 3. The van der Waals surface area contributed by atoms with Gasteiger partial charge in [-0.15, -0.1) is 0 Å². The Morgan fingerprint density at radius 3 is 2.53 bits per heavy atom. The molecule has 1 aromatic rings. The number of hydrogen-bond acceptors (Lipinski definition) is 3. The highest BCUT2D eigenvalue weighted by molar-refractivity contribution is 9.10. The van der Waals surface area contributed by atoms with E-state index in [0.29, 0.717) is 10.9 Å². The van der Waals surface area contributed by atoms with Gasteiger partial charge in [-0.1, -0.05) is 22.0 Å². The van der Waals surface area contributed by atoms with Crippen molar-refractivity contribution in [2.45, 2.75) is 25.9 Å². The molecule has 1 rings (SSSR count). The Kier molecular flexibility index (Phi) is 3.46. The van der Waals surface area contributed by atoms with Crippen molar-refractivity contribution >= 4 is 21.6 Å². The van der Waals surface area contributed by atoms with Gasteiger partial charge in [0.25, 0.3) is 5.69 Å². The molecule has 1 N–H and O–H groups in total. The van der Waals surface area contributed by atoms with Gasteiger partial charge >= 0.3 is 0 Å². The fourth-order valence-electron chi connectivity index (χ4n) is 1.26. The van der Waals surface area contributed by atoms with E-state index in [0.717, 1.165) is 5.56 Å². The molecule has 0 atom stereocenters. The Morgan fingerprint density at radius 2 is 2.13 bits per heavy atom. The Balaban J connectivity index is 2.99. The molecule has 0 aliphatic carbocycles.